The number of amides is 1. The molecule has 0 radical (unpaired) electrons. The molecular weight excluding hydrogens is 368 g/mol. The number of nitrogens with zero attached hydrogens (tertiary/aromatic N) is 2. The number of aromatic nitrogens is 1. The molecule has 30 heavy (non-hydrogen) atoms. The molecule has 0 spiro atoms. The van der Waals surface area contributed by atoms with Gasteiger partial charge in [0.05, 0.1) is 6.54 Å². The molecule has 1 heterocycles. The number of rotatable bonds is 4. The highest BCUT2D eigenvalue weighted by atomic mass is 16.2. The first-order valence-electron chi connectivity index (χ1n) is 10.0. The topological polar surface area (TPSA) is 25.2 Å². The quantitative estimate of drug-likeness (QED) is 0.439. The second kappa shape index (κ2) is 8.71. The molecule has 1 amide bonds. The SMILES string of the molecule is Cc1ccc(C#CCN(Cc2ccccc2)C(=O)c2cc3ccccc3n2C)cc1. The van der Waals surface area contributed by atoms with Crippen molar-refractivity contribution in [2.45, 2.75) is 13.5 Å². The Labute approximate surface area is 177 Å². The lowest BCUT2D eigenvalue weighted by molar-refractivity contribution is 0.0756. The molecule has 148 valence electrons. The summed E-state index contributed by atoms with van der Waals surface area (Å²) in [5.41, 5.74) is 4.96. The Morgan fingerprint density at radius 2 is 1.63 bits per heavy atom. The van der Waals surface area contributed by atoms with Gasteiger partial charge < -0.3 is 9.47 Å². The third-order valence-electron chi connectivity index (χ3n) is 5.23. The van der Waals surface area contributed by atoms with E-state index in [1.807, 2.05) is 101 Å². The zero-order valence-corrected chi connectivity index (χ0v) is 17.3. The van der Waals surface area contributed by atoms with Crippen LogP contribution in [0.15, 0.2) is 84.9 Å². The minimum Gasteiger partial charge on any atom is -0.340 e. The van der Waals surface area contributed by atoms with Gasteiger partial charge >= 0.3 is 0 Å². The Kier molecular flexibility index (Phi) is 5.68. The summed E-state index contributed by atoms with van der Waals surface area (Å²) in [5.74, 6) is 6.36. The minimum absolute atomic E-state index is 0.0178. The van der Waals surface area contributed by atoms with Crippen molar-refractivity contribution in [1.29, 1.82) is 0 Å². The molecule has 3 heteroatoms. The van der Waals surface area contributed by atoms with E-state index in [0.717, 1.165) is 22.0 Å². The number of benzene rings is 3. The number of hydrogen-bond donors (Lipinski definition) is 0. The molecule has 0 saturated carbocycles. The molecule has 3 nitrogen and oxygen atoms in total. The average Bonchev–Trinajstić information content (AvgIpc) is 3.11. The van der Waals surface area contributed by atoms with Crippen molar-refractivity contribution in [3.05, 3.63) is 107 Å². The average molecular weight is 393 g/mol. The molecule has 4 aromatic rings. The minimum atomic E-state index is -0.0178. The maximum atomic E-state index is 13.5. The fourth-order valence-corrected chi connectivity index (χ4v) is 3.53. The van der Waals surface area contributed by atoms with Gasteiger partial charge in [-0.25, -0.2) is 0 Å². The largest absolute Gasteiger partial charge is 0.340 e. The number of carbonyl (C=O) groups excluding carboxylic acids is 1. The van der Waals surface area contributed by atoms with Crippen LogP contribution in [0.25, 0.3) is 10.9 Å². The zero-order valence-electron chi connectivity index (χ0n) is 17.3. The van der Waals surface area contributed by atoms with Gasteiger partial charge in [-0.05, 0) is 36.8 Å². The highest BCUT2D eigenvalue weighted by Crippen LogP contribution is 2.20. The fraction of sp³-hybridized carbons (Fsp3) is 0.148. The Hall–Kier alpha value is -3.77. The van der Waals surface area contributed by atoms with Crippen molar-refractivity contribution in [2.24, 2.45) is 7.05 Å². The number of aryl methyl sites for hydroxylation is 2. The van der Waals surface area contributed by atoms with Crippen molar-refractivity contribution in [3.8, 4) is 11.8 Å². The Morgan fingerprint density at radius 3 is 2.37 bits per heavy atom. The molecule has 3 aromatic carbocycles. The van der Waals surface area contributed by atoms with E-state index in [9.17, 15) is 4.79 Å². The van der Waals surface area contributed by atoms with Gasteiger partial charge in [-0.3, -0.25) is 4.79 Å². The summed E-state index contributed by atoms with van der Waals surface area (Å²) in [7, 11) is 1.94. The van der Waals surface area contributed by atoms with Crippen LogP contribution in [0.2, 0.25) is 0 Å². The van der Waals surface area contributed by atoms with E-state index in [4.69, 9.17) is 0 Å². The first-order valence-corrected chi connectivity index (χ1v) is 10.0. The van der Waals surface area contributed by atoms with Crippen molar-refractivity contribution in [1.82, 2.24) is 9.47 Å². The summed E-state index contributed by atoms with van der Waals surface area (Å²) in [6, 6.07) is 28.2. The molecule has 0 aliphatic carbocycles. The molecule has 0 unspecified atom stereocenters. The molecular formula is C27H24N2O. The van der Waals surface area contributed by atoms with E-state index in [1.54, 1.807) is 0 Å². The van der Waals surface area contributed by atoms with E-state index in [-0.39, 0.29) is 5.91 Å². The summed E-state index contributed by atoms with van der Waals surface area (Å²) >= 11 is 0. The molecule has 0 atom stereocenters. The maximum Gasteiger partial charge on any atom is 0.271 e. The number of hydrogen-bond acceptors (Lipinski definition) is 1. The summed E-state index contributed by atoms with van der Waals surface area (Å²) < 4.78 is 1.96. The van der Waals surface area contributed by atoms with Gasteiger partial charge in [0.25, 0.3) is 5.91 Å². The summed E-state index contributed by atoms with van der Waals surface area (Å²) in [5, 5.41) is 1.06. The van der Waals surface area contributed by atoms with Gasteiger partial charge in [0.2, 0.25) is 0 Å². The predicted octanol–water partition coefficient (Wildman–Crippen LogP) is 5.18. The van der Waals surface area contributed by atoms with Crippen LogP contribution >= 0.6 is 0 Å². The molecule has 0 aliphatic rings. The monoisotopic (exact) mass is 392 g/mol. The first-order chi connectivity index (χ1) is 14.6. The van der Waals surface area contributed by atoms with Crippen molar-refractivity contribution >= 4 is 16.8 Å². The lowest BCUT2D eigenvalue weighted by Crippen LogP contribution is -2.32. The van der Waals surface area contributed by atoms with Gasteiger partial charge in [-0.2, -0.15) is 0 Å². The molecule has 0 aliphatic heterocycles. The lowest BCUT2D eigenvalue weighted by atomic mass is 10.1. The third kappa shape index (κ3) is 4.29. The number of para-hydroxylation sites is 1. The van der Waals surface area contributed by atoms with Gasteiger partial charge in [-0.1, -0.05) is 78.1 Å². The zero-order chi connectivity index (χ0) is 20.9. The summed E-state index contributed by atoms with van der Waals surface area (Å²) in [4.78, 5) is 15.3. The number of carbonyl (C=O) groups is 1. The molecule has 1 aromatic heterocycles. The lowest BCUT2D eigenvalue weighted by Gasteiger charge is -2.21. The Morgan fingerprint density at radius 1 is 0.933 bits per heavy atom. The second-order valence-electron chi connectivity index (χ2n) is 7.46. The van der Waals surface area contributed by atoms with Gasteiger partial charge in [-0.15, -0.1) is 0 Å². The van der Waals surface area contributed by atoms with Crippen molar-refractivity contribution < 1.29 is 4.79 Å². The standard InChI is InChI=1S/C27H24N2O/c1-21-14-16-22(17-15-21)11-8-18-29(20-23-9-4-3-5-10-23)27(30)26-19-24-12-6-7-13-25(24)28(26)2/h3-7,9-10,12-17,19H,18,20H2,1-2H3. The third-order valence-corrected chi connectivity index (χ3v) is 5.23. The second-order valence-corrected chi connectivity index (χ2v) is 7.46. The van der Waals surface area contributed by atoms with Crippen molar-refractivity contribution in [3.63, 3.8) is 0 Å². The highest BCUT2D eigenvalue weighted by molar-refractivity contribution is 5.98. The predicted molar refractivity (Wildman–Crippen MR) is 122 cm³/mol. The van der Waals surface area contributed by atoms with E-state index >= 15 is 0 Å². The van der Waals surface area contributed by atoms with E-state index in [1.165, 1.54) is 5.56 Å². The Balaban J connectivity index is 1.63. The fourth-order valence-electron chi connectivity index (χ4n) is 3.53. The van der Waals surface area contributed by atoms with E-state index in [2.05, 4.69) is 18.8 Å². The first kappa shape index (κ1) is 19.5. The van der Waals surface area contributed by atoms with Crippen LogP contribution in [0, 0.1) is 18.8 Å². The van der Waals surface area contributed by atoms with Crippen LogP contribution < -0.4 is 0 Å². The Bertz CT molecular complexity index is 1220. The van der Waals surface area contributed by atoms with Crippen LogP contribution in [0.1, 0.15) is 27.2 Å². The van der Waals surface area contributed by atoms with E-state index < -0.39 is 0 Å². The van der Waals surface area contributed by atoms with Crippen LogP contribution in [-0.2, 0) is 13.6 Å². The van der Waals surface area contributed by atoms with Crippen LogP contribution in [0.4, 0.5) is 0 Å². The molecule has 0 saturated heterocycles. The van der Waals surface area contributed by atoms with Gasteiger partial charge in [0, 0.05) is 30.1 Å². The van der Waals surface area contributed by atoms with Crippen molar-refractivity contribution in [2.75, 3.05) is 6.54 Å². The smallest absolute Gasteiger partial charge is 0.271 e. The van der Waals surface area contributed by atoms with E-state index in [0.29, 0.717) is 18.8 Å². The molecule has 4 rings (SSSR count). The number of fused-ring (bicyclic) bond motifs is 1. The normalized spacial score (nSPS) is 10.5. The van der Waals surface area contributed by atoms with Gasteiger partial charge in [0.15, 0.2) is 0 Å². The summed E-state index contributed by atoms with van der Waals surface area (Å²) in [6.07, 6.45) is 0. The summed E-state index contributed by atoms with van der Waals surface area (Å²) in [6.45, 7) is 2.94. The highest BCUT2D eigenvalue weighted by Gasteiger charge is 2.19. The van der Waals surface area contributed by atoms with Crippen LogP contribution in [0.3, 0.4) is 0 Å². The van der Waals surface area contributed by atoms with Crippen LogP contribution in [0.5, 0.6) is 0 Å². The molecule has 0 fully saturated rings. The van der Waals surface area contributed by atoms with Gasteiger partial charge in [0.1, 0.15) is 5.69 Å². The maximum absolute atomic E-state index is 13.5. The molecule has 0 N–H and O–H groups in total. The molecule has 0 bridgehead atoms. The van der Waals surface area contributed by atoms with Crippen LogP contribution in [-0.4, -0.2) is 21.9 Å².